The second-order valence-corrected chi connectivity index (χ2v) is 4.34. The molecule has 0 saturated heterocycles. The third-order valence-corrected chi connectivity index (χ3v) is 3.05. The number of carboxylic acids is 1. The van der Waals surface area contributed by atoms with Crippen LogP contribution >= 0.6 is 0 Å². The number of hydrogen-bond acceptors (Lipinski definition) is 3. The summed E-state index contributed by atoms with van der Waals surface area (Å²) < 4.78 is 30.4. The van der Waals surface area contributed by atoms with Crippen LogP contribution in [0.5, 0.6) is 0 Å². The summed E-state index contributed by atoms with van der Waals surface area (Å²) in [6.45, 7) is 2.98. The molecular weight excluding hydrogens is 270 g/mol. The van der Waals surface area contributed by atoms with Crippen LogP contribution in [-0.4, -0.2) is 30.1 Å². The van der Waals surface area contributed by atoms with E-state index in [0.717, 1.165) is 0 Å². The number of carbonyl (C=O) groups excluding carboxylic acids is 1. The zero-order valence-electron chi connectivity index (χ0n) is 11.2. The first-order valence-corrected chi connectivity index (χ1v) is 6.11. The van der Waals surface area contributed by atoms with Gasteiger partial charge in [0.2, 0.25) is 6.43 Å². The van der Waals surface area contributed by atoms with Crippen LogP contribution in [0.25, 0.3) is 0 Å². The van der Waals surface area contributed by atoms with Crippen LogP contribution in [0, 0.1) is 6.92 Å². The molecule has 1 aromatic rings. The lowest BCUT2D eigenvalue weighted by Crippen LogP contribution is -2.47. The quantitative estimate of drug-likeness (QED) is 0.644. The van der Waals surface area contributed by atoms with Crippen molar-refractivity contribution in [1.82, 2.24) is 0 Å². The molecule has 0 aliphatic rings. The van der Waals surface area contributed by atoms with E-state index < -0.39 is 30.2 Å². The molecule has 1 aromatic carbocycles. The normalized spacial score (nSPS) is 13.8. The zero-order valence-corrected chi connectivity index (χ0v) is 11.2. The fourth-order valence-electron chi connectivity index (χ4n) is 2.13. The van der Waals surface area contributed by atoms with Gasteiger partial charge in [-0.3, -0.25) is 9.59 Å². The van der Waals surface area contributed by atoms with Gasteiger partial charge >= 0.3 is 11.9 Å². The molecule has 0 amide bonds. The molecule has 0 heterocycles. The minimum absolute atomic E-state index is 0.0336. The second-order valence-electron chi connectivity index (χ2n) is 4.34. The Balaban J connectivity index is 3.49. The highest BCUT2D eigenvalue weighted by atomic mass is 19.3. The second kappa shape index (κ2) is 6.45. The van der Waals surface area contributed by atoms with Crippen molar-refractivity contribution in [3.63, 3.8) is 0 Å². The average Bonchev–Trinajstić information content (AvgIpc) is 2.36. The van der Waals surface area contributed by atoms with Crippen molar-refractivity contribution in [3.05, 3.63) is 35.4 Å². The Morgan fingerprint density at radius 3 is 2.40 bits per heavy atom. The van der Waals surface area contributed by atoms with E-state index in [9.17, 15) is 23.5 Å². The largest absolute Gasteiger partial charge is 0.480 e. The fourth-order valence-corrected chi connectivity index (χ4v) is 2.13. The van der Waals surface area contributed by atoms with Crippen LogP contribution in [-0.2, 0) is 19.7 Å². The van der Waals surface area contributed by atoms with Gasteiger partial charge in [-0.05, 0) is 25.0 Å². The predicted molar refractivity (Wildman–Crippen MR) is 67.7 cm³/mol. The van der Waals surface area contributed by atoms with E-state index in [2.05, 4.69) is 0 Å². The Hall–Kier alpha value is -1.98. The van der Waals surface area contributed by atoms with Crippen LogP contribution in [0.3, 0.4) is 0 Å². The summed E-state index contributed by atoms with van der Waals surface area (Å²) in [6, 6.07) is 6.07. The SMILES string of the molecule is CCOC(=O)C(CC(F)F)(C(=O)O)c1ccccc1C. The fraction of sp³-hybridized carbons (Fsp3) is 0.429. The third kappa shape index (κ3) is 2.95. The molecule has 0 bridgehead atoms. The summed E-state index contributed by atoms with van der Waals surface area (Å²) in [7, 11) is 0. The van der Waals surface area contributed by atoms with E-state index in [1.54, 1.807) is 19.1 Å². The lowest BCUT2D eigenvalue weighted by Gasteiger charge is -2.28. The average molecular weight is 286 g/mol. The number of benzene rings is 1. The molecule has 0 saturated carbocycles. The highest BCUT2D eigenvalue weighted by Crippen LogP contribution is 2.35. The highest BCUT2D eigenvalue weighted by Gasteiger charge is 2.52. The first-order chi connectivity index (χ1) is 9.36. The molecule has 1 rings (SSSR count). The minimum atomic E-state index is -2.95. The van der Waals surface area contributed by atoms with Gasteiger partial charge < -0.3 is 9.84 Å². The number of rotatable bonds is 6. The molecule has 110 valence electrons. The number of aliphatic carboxylic acids is 1. The molecule has 1 atom stereocenters. The number of ether oxygens (including phenoxy) is 1. The van der Waals surface area contributed by atoms with E-state index in [1.807, 2.05) is 0 Å². The molecule has 0 spiro atoms. The summed E-state index contributed by atoms with van der Waals surface area (Å²) in [5.41, 5.74) is -1.90. The molecule has 0 aliphatic heterocycles. The maximum absolute atomic E-state index is 12.8. The number of aryl methyl sites for hydroxylation is 1. The maximum Gasteiger partial charge on any atom is 0.328 e. The van der Waals surface area contributed by atoms with Crippen LogP contribution in [0.15, 0.2) is 24.3 Å². The molecule has 6 heteroatoms. The van der Waals surface area contributed by atoms with Gasteiger partial charge in [0.25, 0.3) is 0 Å². The van der Waals surface area contributed by atoms with Gasteiger partial charge in [0.1, 0.15) is 0 Å². The smallest absolute Gasteiger partial charge is 0.328 e. The van der Waals surface area contributed by atoms with Crippen molar-refractivity contribution in [2.24, 2.45) is 0 Å². The summed E-state index contributed by atoms with van der Waals surface area (Å²) >= 11 is 0. The van der Waals surface area contributed by atoms with Crippen molar-refractivity contribution in [2.45, 2.75) is 32.1 Å². The van der Waals surface area contributed by atoms with Crippen LogP contribution in [0.1, 0.15) is 24.5 Å². The Kier molecular flexibility index (Phi) is 5.19. The molecule has 0 aliphatic carbocycles. The number of halogens is 2. The molecular formula is C14H16F2O4. The van der Waals surface area contributed by atoms with E-state index in [1.165, 1.54) is 19.1 Å². The lowest BCUT2D eigenvalue weighted by molar-refractivity contribution is -0.164. The van der Waals surface area contributed by atoms with Gasteiger partial charge in [-0.1, -0.05) is 24.3 Å². The van der Waals surface area contributed by atoms with Crippen molar-refractivity contribution in [1.29, 1.82) is 0 Å². The van der Waals surface area contributed by atoms with Crippen LogP contribution in [0.2, 0.25) is 0 Å². The molecule has 20 heavy (non-hydrogen) atoms. The Bertz CT molecular complexity index is 502. The Labute approximate surface area is 115 Å². The first-order valence-electron chi connectivity index (χ1n) is 6.11. The van der Waals surface area contributed by atoms with Gasteiger partial charge in [0.05, 0.1) is 6.61 Å². The van der Waals surface area contributed by atoms with E-state index >= 15 is 0 Å². The van der Waals surface area contributed by atoms with E-state index in [0.29, 0.717) is 5.56 Å². The molecule has 4 nitrogen and oxygen atoms in total. The molecule has 0 aromatic heterocycles. The molecule has 1 unspecified atom stereocenters. The van der Waals surface area contributed by atoms with E-state index in [-0.39, 0.29) is 12.2 Å². The van der Waals surface area contributed by atoms with E-state index in [4.69, 9.17) is 4.74 Å². The van der Waals surface area contributed by atoms with Gasteiger partial charge in [-0.25, -0.2) is 8.78 Å². The standard InChI is InChI=1S/C14H16F2O4/c1-3-20-13(19)14(12(17)18,8-11(15)16)10-7-5-4-6-9(10)2/h4-7,11H,3,8H2,1-2H3,(H,17,18). The topological polar surface area (TPSA) is 63.6 Å². The van der Waals surface area contributed by atoms with Crippen molar-refractivity contribution >= 4 is 11.9 Å². The summed E-state index contributed by atoms with van der Waals surface area (Å²) in [4.78, 5) is 23.7. The number of hydrogen-bond donors (Lipinski definition) is 1. The Morgan fingerprint density at radius 1 is 1.35 bits per heavy atom. The van der Waals surface area contributed by atoms with Gasteiger partial charge in [-0.15, -0.1) is 0 Å². The first kappa shape index (κ1) is 16.1. The summed E-state index contributed by atoms with van der Waals surface area (Å²) in [5.74, 6) is -2.80. The van der Waals surface area contributed by atoms with Gasteiger partial charge in [0.15, 0.2) is 5.41 Å². The molecule has 1 N–H and O–H groups in total. The molecule has 0 fully saturated rings. The highest BCUT2D eigenvalue weighted by molar-refractivity contribution is 6.05. The number of carbonyl (C=O) groups is 2. The molecule has 0 radical (unpaired) electrons. The van der Waals surface area contributed by atoms with Crippen LogP contribution in [0.4, 0.5) is 8.78 Å². The van der Waals surface area contributed by atoms with Crippen molar-refractivity contribution in [3.8, 4) is 0 Å². The number of carboxylic acid groups (broad SMARTS) is 1. The lowest BCUT2D eigenvalue weighted by atomic mass is 9.75. The Morgan fingerprint density at radius 2 is 1.95 bits per heavy atom. The van der Waals surface area contributed by atoms with Crippen LogP contribution < -0.4 is 0 Å². The monoisotopic (exact) mass is 286 g/mol. The minimum Gasteiger partial charge on any atom is -0.480 e. The third-order valence-electron chi connectivity index (χ3n) is 3.05. The maximum atomic E-state index is 12.8. The van der Waals surface area contributed by atoms with Gasteiger partial charge in [-0.2, -0.15) is 0 Å². The van der Waals surface area contributed by atoms with Crippen molar-refractivity contribution in [2.75, 3.05) is 6.61 Å². The summed E-state index contributed by atoms with van der Waals surface area (Å²) in [6.07, 6.45) is -4.07. The number of alkyl halides is 2. The zero-order chi connectivity index (χ0) is 15.3. The summed E-state index contributed by atoms with van der Waals surface area (Å²) in [5, 5.41) is 9.41. The predicted octanol–water partition coefficient (Wildman–Crippen LogP) is 2.54. The van der Waals surface area contributed by atoms with Gasteiger partial charge in [0, 0.05) is 6.42 Å². The number of esters is 1. The van der Waals surface area contributed by atoms with Crippen molar-refractivity contribution < 1.29 is 28.2 Å².